The van der Waals surface area contributed by atoms with Crippen LogP contribution in [0.25, 0.3) is 0 Å². The molecule has 1 N–H and O–H groups in total. The Morgan fingerprint density at radius 2 is 1.89 bits per heavy atom. The summed E-state index contributed by atoms with van der Waals surface area (Å²) in [6.07, 6.45) is 2.01. The van der Waals surface area contributed by atoms with Crippen LogP contribution >= 0.6 is 11.3 Å². The van der Waals surface area contributed by atoms with E-state index in [2.05, 4.69) is 49.8 Å². The van der Waals surface area contributed by atoms with E-state index in [1.807, 2.05) is 24.5 Å². The monoisotopic (exact) mass is 402 g/mol. The first-order chi connectivity index (χ1) is 13.7. The standard InChI is InChI=1S/C21H30N4O2S/c1-22-21(25-13-11-24(12-14-25)20-7-5-15-28-20)23-10-4-6-17-8-9-18(26-2)19(16-17)27-3/h5,7-9,15-16H,4,6,10-14H2,1-3H3,(H,22,23). The summed E-state index contributed by atoms with van der Waals surface area (Å²) in [6.45, 7) is 4.95. The van der Waals surface area contributed by atoms with Crippen LogP contribution in [-0.4, -0.2) is 64.9 Å². The molecule has 0 atom stereocenters. The van der Waals surface area contributed by atoms with Gasteiger partial charge in [-0.2, -0.15) is 0 Å². The van der Waals surface area contributed by atoms with Crippen LogP contribution in [0.1, 0.15) is 12.0 Å². The van der Waals surface area contributed by atoms with Gasteiger partial charge in [0.25, 0.3) is 0 Å². The molecule has 0 aliphatic carbocycles. The van der Waals surface area contributed by atoms with Crippen molar-refractivity contribution < 1.29 is 9.47 Å². The lowest BCUT2D eigenvalue weighted by molar-refractivity contribution is 0.354. The van der Waals surface area contributed by atoms with Crippen molar-refractivity contribution in [2.24, 2.45) is 4.99 Å². The molecule has 0 radical (unpaired) electrons. The number of nitrogens with one attached hydrogen (secondary N) is 1. The van der Waals surface area contributed by atoms with Crippen LogP contribution < -0.4 is 19.7 Å². The topological polar surface area (TPSA) is 49.3 Å². The molecule has 1 aromatic carbocycles. The molecule has 1 saturated heterocycles. The number of methoxy groups -OCH3 is 2. The molecule has 28 heavy (non-hydrogen) atoms. The maximum atomic E-state index is 5.38. The number of ether oxygens (including phenoxy) is 2. The zero-order chi connectivity index (χ0) is 19.8. The average molecular weight is 403 g/mol. The van der Waals surface area contributed by atoms with E-state index in [0.29, 0.717) is 0 Å². The van der Waals surface area contributed by atoms with E-state index in [4.69, 9.17) is 9.47 Å². The van der Waals surface area contributed by atoms with Gasteiger partial charge in [-0.3, -0.25) is 4.99 Å². The van der Waals surface area contributed by atoms with Crippen LogP contribution in [0.4, 0.5) is 5.00 Å². The molecule has 1 aliphatic rings. The van der Waals surface area contributed by atoms with Gasteiger partial charge in [0.1, 0.15) is 0 Å². The SMILES string of the molecule is CN=C(NCCCc1ccc(OC)c(OC)c1)N1CCN(c2cccs2)CC1. The number of thiophene rings is 1. The Balaban J connectivity index is 1.42. The third kappa shape index (κ3) is 5.10. The summed E-state index contributed by atoms with van der Waals surface area (Å²) in [5.74, 6) is 2.55. The Morgan fingerprint density at radius 3 is 2.54 bits per heavy atom. The largest absolute Gasteiger partial charge is 0.493 e. The van der Waals surface area contributed by atoms with Crippen molar-refractivity contribution in [2.45, 2.75) is 12.8 Å². The zero-order valence-corrected chi connectivity index (χ0v) is 17.8. The van der Waals surface area contributed by atoms with Crippen LogP contribution in [0.15, 0.2) is 40.7 Å². The highest BCUT2D eigenvalue weighted by molar-refractivity contribution is 7.14. The fraction of sp³-hybridized carbons (Fsp3) is 0.476. The maximum absolute atomic E-state index is 5.38. The van der Waals surface area contributed by atoms with E-state index >= 15 is 0 Å². The van der Waals surface area contributed by atoms with Crippen LogP contribution in [0, 0.1) is 0 Å². The quantitative estimate of drug-likeness (QED) is 0.438. The van der Waals surface area contributed by atoms with Crippen molar-refractivity contribution in [3.63, 3.8) is 0 Å². The summed E-state index contributed by atoms with van der Waals surface area (Å²) in [5, 5.41) is 7.01. The lowest BCUT2D eigenvalue weighted by Gasteiger charge is -2.37. The normalized spacial score (nSPS) is 14.9. The van der Waals surface area contributed by atoms with E-state index < -0.39 is 0 Å². The summed E-state index contributed by atoms with van der Waals surface area (Å²) in [5.41, 5.74) is 1.25. The van der Waals surface area contributed by atoms with E-state index in [-0.39, 0.29) is 0 Å². The first-order valence-corrected chi connectivity index (χ1v) is 10.6. The highest BCUT2D eigenvalue weighted by Crippen LogP contribution is 2.28. The van der Waals surface area contributed by atoms with Crippen LogP contribution in [0.2, 0.25) is 0 Å². The van der Waals surface area contributed by atoms with Crippen LogP contribution in [0.3, 0.4) is 0 Å². The number of guanidine groups is 1. The summed E-state index contributed by atoms with van der Waals surface area (Å²) in [7, 11) is 5.20. The van der Waals surface area contributed by atoms with E-state index in [9.17, 15) is 0 Å². The summed E-state index contributed by atoms with van der Waals surface area (Å²) >= 11 is 1.81. The van der Waals surface area contributed by atoms with E-state index in [1.54, 1.807) is 14.2 Å². The number of aliphatic imine (C=N–C) groups is 1. The van der Waals surface area contributed by atoms with Gasteiger partial charge in [-0.15, -0.1) is 11.3 Å². The molecule has 2 aromatic rings. The molecule has 152 valence electrons. The molecular formula is C21H30N4O2S. The number of hydrogen-bond acceptors (Lipinski definition) is 5. The van der Waals surface area contributed by atoms with Crippen LogP contribution in [-0.2, 0) is 6.42 Å². The fourth-order valence-electron chi connectivity index (χ4n) is 3.45. The molecule has 0 spiro atoms. The number of piperazine rings is 1. The Labute approximate surface area is 171 Å². The number of anilines is 1. The average Bonchev–Trinajstić information content (AvgIpc) is 3.29. The first-order valence-electron chi connectivity index (χ1n) is 9.70. The first kappa shape index (κ1) is 20.3. The Morgan fingerprint density at radius 1 is 1.11 bits per heavy atom. The smallest absolute Gasteiger partial charge is 0.193 e. The van der Waals surface area contributed by atoms with Crippen molar-refractivity contribution in [1.29, 1.82) is 0 Å². The Kier molecular flexibility index (Phi) is 7.42. The van der Waals surface area contributed by atoms with Gasteiger partial charge in [-0.25, -0.2) is 0 Å². The molecule has 1 fully saturated rings. The molecular weight excluding hydrogens is 372 g/mol. The van der Waals surface area contributed by atoms with Gasteiger partial charge in [-0.1, -0.05) is 6.07 Å². The van der Waals surface area contributed by atoms with E-state index in [1.165, 1.54) is 10.6 Å². The molecule has 1 aliphatic heterocycles. The second-order valence-electron chi connectivity index (χ2n) is 6.69. The molecule has 0 bridgehead atoms. The van der Waals surface area contributed by atoms with Gasteiger partial charge in [-0.05, 0) is 48.1 Å². The molecule has 7 heteroatoms. The Bertz CT molecular complexity index is 756. The fourth-order valence-corrected chi connectivity index (χ4v) is 4.23. The minimum absolute atomic E-state index is 0.770. The van der Waals surface area contributed by atoms with Gasteiger partial charge in [0, 0.05) is 39.8 Å². The lowest BCUT2D eigenvalue weighted by Crippen LogP contribution is -2.52. The summed E-state index contributed by atoms with van der Waals surface area (Å²) < 4.78 is 10.7. The van der Waals surface area contributed by atoms with Gasteiger partial charge in [0.15, 0.2) is 17.5 Å². The molecule has 1 aromatic heterocycles. The molecule has 0 unspecified atom stereocenters. The number of aryl methyl sites for hydroxylation is 1. The minimum atomic E-state index is 0.770. The van der Waals surface area contributed by atoms with Gasteiger partial charge in [0.05, 0.1) is 19.2 Å². The number of benzene rings is 1. The molecule has 0 amide bonds. The minimum Gasteiger partial charge on any atom is -0.493 e. The van der Waals surface area contributed by atoms with Crippen molar-refractivity contribution in [3.8, 4) is 11.5 Å². The van der Waals surface area contributed by atoms with Crippen LogP contribution in [0.5, 0.6) is 11.5 Å². The third-order valence-corrected chi connectivity index (χ3v) is 5.91. The van der Waals surface area contributed by atoms with Crippen molar-refractivity contribution in [1.82, 2.24) is 10.2 Å². The molecule has 2 heterocycles. The molecule has 3 rings (SSSR count). The van der Waals surface area contributed by atoms with Gasteiger partial charge < -0.3 is 24.6 Å². The number of rotatable bonds is 7. The maximum Gasteiger partial charge on any atom is 0.193 e. The van der Waals surface area contributed by atoms with Gasteiger partial charge in [0.2, 0.25) is 0 Å². The van der Waals surface area contributed by atoms with Crippen molar-refractivity contribution in [2.75, 3.05) is 58.9 Å². The van der Waals surface area contributed by atoms with Gasteiger partial charge >= 0.3 is 0 Å². The summed E-state index contributed by atoms with van der Waals surface area (Å²) in [4.78, 5) is 9.27. The van der Waals surface area contributed by atoms with Crippen molar-refractivity contribution >= 4 is 22.3 Å². The van der Waals surface area contributed by atoms with Crippen molar-refractivity contribution in [3.05, 3.63) is 41.3 Å². The number of hydrogen-bond donors (Lipinski definition) is 1. The molecule has 0 saturated carbocycles. The Hall–Kier alpha value is -2.41. The number of nitrogens with zero attached hydrogens (tertiary/aromatic N) is 3. The third-order valence-electron chi connectivity index (χ3n) is 4.98. The predicted molar refractivity (Wildman–Crippen MR) is 117 cm³/mol. The summed E-state index contributed by atoms with van der Waals surface area (Å²) in [6, 6.07) is 10.4. The lowest BCUT2D eigenvalue weighted by atomic mass is 10.1. The zero-order valence-electron chi connectivity index (χ0n) is 17.0. The second kappa shape index (κ2) is 10.2. The van der Waals surface area contributed by atoms with E-state index in [0.717, 1.165) is 63.0 Å². The predicted octanol–water partition coefficient (Wildman–Crippen LogP) is 3.10. The molecule has 6 nitrogen and oxygen atoms in total. The highest BCUT2D eigenvalue weighted by atomic mass is 32.1. The highest BCUT2D eigenvalue weighted by Gasteiger charge is 2.20. The second-order valence-corrected chi connectivity index (χ2v) is 7.62.